The second-order valence-electron chi connectivity index (χ2n) is 10.1. The number of hydrogen-bond donors (Lipinski definition) is 1. The van der Waals surface area contributed by atoms with Crippen molar-refractivity contribution in [3.63, 3.8) is 0 Å². The molecule has 1 aliphatic heterocycles. The zero-order chi connectivity index (χ0) is 27.4. The van der Waals surface area contributed by atoms with Crippen molar-refractivity contribution >= 4 is 17.7 Å². The Kier molecular flexibility index (Phi) is 7.89. The maximum absolute atomic E-state index is 14.1. The second-order valence-corrected chi connectivity index (χ2v) is 10.1. The third kappa shape index (κ3) is 6.07. The number of anilines is 1. The molecule has 1 aromatic heterocycles. The van der Waals surface area contributed by atoms with Crippen LogP contribution in [0.5, 0.6) is 11.5 Å². The van der Waals surface area contributed by atoms with Crippen LogP contribution < -0.4 is 14.8 Å². The molecule has 0 bridgehead atoms. The van der Waals surface area contributed by atoms with E-state index in [-0.39, 0.29) is 17.9 Å². The molecule has 9 nitrogen and oxygen atoms in total. The normalized spacial score (nSPS) is 14.2. The third-order valence-corrected chi connectivity index (χ3v) is 6.29. The van der Waals surface area contributed by atoms with E-state index in [4.69, 9.17) is 14.2 Å². The van der Waals surface area contributed by atoms with Crippen LogP contribution in [0, 0.1) is 5.82 Å². The number of aromatic nitrogens is 2. The average Bonchev–Trinajstić information content (AvgIpc) is 3.33. The van der Waals surface area contributed by atoms with Gasteiger partial charge in [0.2, 0.25) is 0 Å². The second kappa shape index (κ2) is 11.1. The van der Waals surface area contributed by atoms with E-state index in [0.29, 0.717) is 60.1 Å². The van der Waals surface area contributed by atoms with Crippen molar-refractivity contribution in [1.29, 1.82) is 0 Å². The molecule has 4 rings (SSSR count). The molecule has 0 aliphatic carbocycles. The van der Waals surface area contributed by atoms with Crippen molar-refractivity contribution in [2.45, 2.75) is 45.1 Å². The number of amides is 2. The minimum Gasteiger partial charge on any atom is -0.497 e. The summed E-state index contributed by atoms with van der Waals surface area (Å²) in [7, 11) is 3.06. The first-order valence-electron chi connectivity index (χ1n) is 12.4. The predicted molar refractivity (Wildman–Crippen MR) is 141 cm³/mol. The molecular weight excluding hydrogens is 491 g/mol. The molecule has 202 valence electrons. The molecule has 0 spiro atoms. The molecule has 1 saturated heterocycles. The first-order chi connectivity index (χ1) is 18.1. The molecule has 1 fully saturated rings. The molecule has 1 aliphatic rings. The molecule has 0 unspecified atom stereocenters. The van der Waals surface area contributed by atoms with Gasteiger partial charge in [0.25, 0.3) is 5.91 Å². The van der Waals surface area contributed by atoms with Crippen molar-refractivity contribution in [2.75, 3.05) is 32.6 Å². The van der Waals surface area contributed by atoms with E-state index in [2.05, 4.69) is 10.4 Å². The largest absolute Gasteiger partial charge is 0.497 e. The summed E-state index contributed by atoms with van der Waals surface area (Å²) < 4.78 is 31.9. The molecule has 2 heterocycles. The summed E-state index contributed by atoms with van der Waals surface area (Å²) in [5.74, 6) is 0.141. The van der Waals surface area contributed by atoms with Crippen LogP contribution in [0.3, 0.4) is 0 Å². The van der Waals surface area contributed by atoms with Crippen LogP contribution in [0.25, 0.3) is 5.69 Å². The van der Waals surface area contributed by atoms with E-state index in [1.165, 1.54) is 32.5 Å². The van der Waals surface area contributed by atoms with E-state index in [9.17, 15) is 14.0 Å². The van der Waals surface area contributed by atoms with Gasteiger partial charge in [-0.05, 0) is 63.9 Å². The Morgan fingerprint density at radius 3 is 2.42 bits per heavy atom. The van der Waals surface area contributed by atoms with Gasteiger partial charge in [0, 0.05) is 25.1 Å². The highest BCUT2D eigenvalue weighted by Gasteiger charge is 2.32. The molecule has 0 saturated carbocycles. The summed E-state index contributed by atoms with van der Waals surface area (Å²) in [5, 5.41) is 7.38. The van der Waals surface area contributed by atoms with Crippen LogP contribution in [-0.2, 0) is 4.74 Å². The number of nitrogens with one attached hydrogen (secondary N) is 1. The van der Waals surface area contributed by atoms with E-state index < -0.39 is 11.4 Å². The van der Waals surface area contributed by atoms with E-state index >= 15 is 0 Å². The summed E-state index contributed by atoms with van der Waals surface area (Å²) in [6.07, 6.45) is 2.30. The fraction of sp³-hybridized carbons (Fsp3) is 0.393. The maximum atomic E-state index is 14.1. The molecule has 3 aromatic rings. The SMILES string of the molecule is COc1ccc(OC)c(NC(=O)c2cnn(-c3cccc(F)c3)c2C2CCN(C(=O)OC(C)(C)C)CC2)c1. The quantitative estimate of drug-likeness (QED) is 0.464. The van der Waals surface area contributed by atoms with E-state index in [1.54, 1.807) is 39.9 Å². The van der Waals surface area contributed by atoms with Crippen LogP contribution in [0.1, 0.15) is 55.6 Å². The zero-order valence-electron chi connectivity index (χ0n) is 22.3. The number of carbonyl (C=O) groups is 2. The van der Waals surface area contributed by atoms with Crippen LogP contribution in [0.4, 0.5) is 14.9 Å². The van der Waals surface area contributed by atoms with Crippen LogP contribution in [0.15, 0.2) is 48.7 Å². The van der Waals surface area contributed by atoms with Crippen molar-refractivity contribution in [1.82, 2.24) is 14.7 Å². The van der Waals surface area contributed by atoms with Gasteiger partial charge in [-0.3, -0.25) is 4.79 Å². The lowest BCUT2D eigenvalue weighted by molar-refractivity contribution is 0.0203. The summed E-state index contributed by atoms with van der Waals surface area (Å²) in [5.41, 5.74) is 1.37. The van der Waals surface area contributed by atoms with Crippen molar-refractivity contribution in [3.8, 4) is 17.2 Å². The Labute approximate surface area is 221 Å². The summed E-state index contributed by atoms with van der Waals surface area (Å²) in [6.45, 7) is 6.41. The van der Waals surface area contributed by atoms with Gasteiger partial charge in [0.1, 0.15) is 22.9 Å². The number of likely N-dealkylation sites (tertiary alicyclic amines) is 1. The minimum absolute atomic E-state index is 0.104. The Morgan fingerprint density at radius 1 is 1.05 bits per heavy atom. The first kappa shape index (κ1) is 27.0. The smallest absolute Gasteiger partial charge is 0.410 e. The molecule has 38 heavy (non-hydrogen) atoms. The van der Waals surface area contributed by atoms with E-state index in [1.807, 2.05) is 20.8 Å². The molecule has 0 radical (unpaired) electrons. The van der Waals surface area contributed by atoms with Crippen molar-refractivity contribution in [2.24, 2.45) is 0 Å². The highest BCUT2D eigenvalue weighted by molar-refractivity contribution is 6.06. The summed E-state index contributed by atoms with van der Waals surface area (Å²) >= 11 is 0. The Morgan fingerprint density at radius 2 is 1.79 bits per heavy atom. The Bertz CT molecular complexity index is 1310. The molecule has 2 aromatic carbocycles. The molecule has 10 heteroatoms. The zero-order valence-corrected chi connectivity index (χ0v) is 22.3. The number of carbonyl (C=O) groups excluding carboxylic acids is 2. The molecule has 2 amide bonds. The van der Waals surface area contributed by atoms with Crippen molar-refractivity contribution < 1.29 is 28.2 Å². The summed E-state index contributed by atoms with van der Waals surface area (Å²) in [4.78, 5) is 27.8. The number of nitrogens with zero attached hydrogens (tertiary/aromatic N) is 3. The monoisotopic (exact) mass is 524 g/mol. The number of methoxy groups -OCH3 is 2. The Balaban J connectivity index is 1.65. The number of ether oxygens (including phenoxy) is 3. The van der Waals surface area contributed by atoms with Crippen molar-refractivity contribution in [3.05, 3.63) is 65.7 Å². The van der Waals surface area contributed by atoms with Gasteiger partial charge in [-0.25, -0.2) is 13.9 Å². The highest BCUT2D eigenvalue weighted by atomic mass is 19.1. The highest BCUT2D eigenvalue weighted by Crippen LogP contribution is 2.34. The molecule has 1 N–H and O–H groups in total. The van der Waals surface area contributed by atoms with Gasteiger partial charge in [-0.15, -0.1) is 0 Å². The van der Waals surface area contributed by atoms with E-state index in [0.717, 1.165) is 0 Å². The number of halogens is 1. The van der Waals surface area contributed by atoms with Crippen LogP contribution in [-0.4, -0.2) is 59.6 Å². The first-order valence-corrected chi connectivity index (χ1v) is 12.4. The predicted octanol–water partition coefficient (Wildman–Crippen LogP) is 5.40. The van der Waals surface area contributed by atoms with Gasteiger partial charge in [-0.2, -0.15) is 5.10 Å². The molecule has 0 atom stereocenters. The van der Waals surface area contributed by atoms with Gasteiger partial charge >= 0.3 is 6.09 Å². The third-order valence-electron chi connectivity index (χ3n) is 6.29. The fourth-order valence-electron chi connectivity index (χ4n) is 4.50. The summed E-state index contributed by atoms with van der Waals surface area (Å²) in [6, 6.07) is 11.2. The van der Waals surface area contributed by atoms with Gasteiger partial charge in [0.15, 0.2) is 0 Å². The topological polar surface area (TPSA) is 94.9 Å². The minimum atomic E-state index is -0.587. The number of rotatable bonds is 6. The lowest BCUT2D eigenvalue weighted by Gasteiger charge is -2.34. The maximum Gasteiger partial charge on any atom is 0.410 e. The molecular formula is C28H33FN4O5. The van der Waals surface area contributed by atoms with Crippen LogP contribution >= 0.6 is 0 Å². The van der Waals surface area contributed by atoms with Crippen LogP contribution in [0.2, 0.25) is 0 Å². The number of hydrogen-bond acceptors (Lipinski definition) is 6. The van der Waals surface area contributed by atoms with Gasteiger partial charge in [-0.1, -0.05) is 6.07 Å². The van der Waals surface area contributed by atoms with Gasteiger partial charge in [0.05, 0.1) is 43.0 Å². The lowest BCUT2D eigenvalue weighted by Crippen LogP contribution is -2.41. The number of benzene rings is 2. The standard InChI is InChI=1S/C28H33FN4O5/c1-28(2,3)38-27(35)32-13-11-18(12-14-32)25-22(17-30-33(25)20-8-6-7-19(29)15-20)26(34)31-23-16-21(36-4)9-10-24(23)37-5/h6-10,15-18H,11-14H2,1-5H3,(H,31,34). The van der Waals surface area contributed by atoms with Gasteiger partial charge < -0.3 is 24.4 Å². The fourth-order valence-corrected chi connectivity index (χ4v) is 4.50. The number of piperidine rings is 1. The lowest BCUT2D eigenvalue weighted by atomic mass is 9.90. The average molecular weight is 525 g/mol. The Hall–Kier alpha value is -4.08.